The summed E-state index contributed by atoms with van der Waals surface area (Å²) < 4.78 is 4.94. The van der Waals surface area contributed by atoms with Crippen molar-refractivity contribution >= 4 is 12.0 Å². The Labute approximate surface area is 118 Å². The summed E-state index contributed by atoms with van der Waals surface area (Å²) in [5, 5.41) is 2.95. The third kappa shape index (κ3) is 14.6. The number of benzene rings is 1. The maximum Gasteiger partial charge on any atom is 0.139 e. The third-order valence-corrected chi connectivity index (χ3v) is 2.05. The van der Waals surface area contributed by atoms with Crippen molar-refractivity contribution in [1.82, 2.24) is 0 Å². The van der Waals surface area contributed by atoms with Crippen molar-refractivity contribution in [3.63, 3.8) is 0 Å². The molecular weight excluding hydrogens is 238 g/mol. The molecule has 0 saturated heterocycles. The van der Waals surface area contributed by atoms with Crippen LogP contribution in [0.4, 0.5) is 5.69 Å². The lowest BCUT2D eigenvalue weighted by molar-refractivity contribution is -0.106. The fourth-order valence-corrected chi connectivity index (χ4v) is 0.831. The van der Waals surface area contributed by atoms with Gasteiger partial charge in [-0.05, 0) is 39.8 Å². The van der Waals surface area contributed by atoms with E-state index in [-0.39, 0.29) is 5.60 Å². The van der Waals surface area contributed by atoms with Gasteiger partial charge in [-0.15, -0.1) is 0 Å². The number of rotatable bonds is 3. The van der Waals surface area contributed by atoms with Crippen molar-refractivity contribution in [2.24, 2.45) is 0 Å². The standard InChI is InChI=1S/C9H11NO.C5H12O.C2H6/c1-8-2-4-9(5-3-8)10-6-7-11;1-5(2,3)6-4;1-2/h2-5,7,10H,6H2,1H3;1-4H3;1-2H3. The number of ether oxygens (including phenoxy) is 1. The molecule has 0 bridgehead atoms. The van der Waals surface area contributed by atoms with E-state index in [1.54, 1.807) is 7.11 Å². The second-order valence-corrected chi connectivity index (χ2v) is 4.73. The van der Waals surface area contributed by atoms with Gasteiger partial charge in [0.05, 0.1) is 12.1 Å². The predicted octanol–water partition coefficient (Wildman–Crippen LogP) is 4.06. The highest BCUT2D eigenvalue weighted by Crippen LogP contribution is 2.07. The van der Waals surface area contributed by atoms with Gasteiger partial charge in [0, 0.05) is 12.8 Å². The first-order valence-corrected chi connectivity index (χ1v) is 6.68. The monoisotopic (exact) mass is 267 g/mol. The zero-order valence-corrected chi connectivity index (χ0v) is 13.4. The molecule has 19 heavy (non-hydrogen) atoms. The van der Waals surface area contributed by atoms with Crippen LogP contribution in [0, 0.1) is 6.92 Å². The number of hydrogen-bond donors (Lipinski definition) is 1. The SMILES string of the molecule is CC.COC(C)(C)C.Cc1ccc(NCC=O)cc1. The molecule has 3 nitrogen and oxygen atoms in total. The van der Waals surface area contributed by atoms with Gasteiger partial charge in [0.2, 0.25) is 0 Å². The highest BCUT2D eigenvalue weighted by atomic mass is 16.5. The van der Waals surface area contributed by atoms with Crippen molar-refractivity contribution in [2.45, 2.75) is 47.1 Å². The molecule has 0 unspecified atom stereocenters. The summed E-state index contributed by atoms with van der Waals surface area (Å²) in [6.07, 6.45) is 0.847. The average Bonchev–Trinajstić information content (AvgIpc) is 2.40. The lowest BCUT2D eigenvalue weighted by Gasteiger charge is -2.14. The molecule has 0 saturated carbocycles. The van der Waals surface area contributed by atoms with Crippen LogP contribution in [0.3, 0.4) is 0 Å². The predicted molar refractivity (Wildman–Crippen MR) is 83.8 cm³/mol. The Kier molecular flexibility index (Phi) is 12.3. The summed E-state index contributed by atoms with van der Waals surface area (Å²) in [6, 6.07) is 7.93. The van der Waals surface area contributed by atoms with Gasteiger partial charge in [-0.3, -0.25) is 0 Å². The zero-order valence-electron chi connectivity index (χ0n) is 13.4. The van der Waals surface area contributed by atoms with Gasteiger partial charge < -0.3 is 14.8 Å². The minimum absolute atomic E-state index is 0.0417. The number of carbonyl (C=O) groups is 1. The second-order valence-electron chi connectivity index (χ2n) is 4.73. The van der Waals surface area contributed by atoms with E-state index < -0.39 is 0 Å². The zero-order chi connectivity index (χ0) is 15.3. The molecule has 0 aliphatic carbocycles. The number of methoxy groups -OCH3 is 1. The van der Waals surface area contributed by atoms with Crippen LogP contribution in [-0.4, -0.2) is 25.5 Å². The lowest BCUT2D eigenvalue weighted by atomic mass is 10.2. The van der Waals surface area contributed by atoms with Crippen LogP contribution in [-0.2, 0) is 9.53 Å². The summed E-state index contributed by atoms with van der Waals surface area (Å²) in [4.78, 5) is 9.98. The Morgan fingerprint density at radius 2 is 1.58 bits per heavy atom. The molecule has 1 rings (SSSR count). The Morgan fingerprint density at radius 1 is 1.16 bits per heavy atom. The van der Waals surface area contributed by atoms with Crippen molar-refractivity contribution in [3.05, 3.63) is 29.8 Å². The van der Waals surface area contributed by atoms with Crippen molar-refractivity contribution in [3.8, 4) is 0 Å². The Hall–Kier alpha value is -1.35. The summed E-state index contributed by atoms with van der Waals surface area (Å²) in [5.74, 6) is 0. The number of nitrogens with one attached hydrogen (secondary N) is 1. The van der Waals surface area contributed by atoms with Crippen LogP contribution in [0.2, 0.25) is 0 Å². The molecule has 0 spiro atoms. The largest absolute Gasteiger partial charge is 0.379 e. The van der Waals surface area contributed by atoms with Gasteiger partial charge in [-0.25, -0.2) is 0 Å². The van der Waals surface area contributed by atoms with Gasteiger partial charge in [0.1, 0.15) is 6.29 Å². The number of hydrogen-bond acceptors (Lipinski definition) is 3. The van der Waals surface area contributed by atoms with E-state index in [1.165, 1.54) is 5.56 Å². The van der Waals surface area contributed by atoms with Crippen molar-refractivity contribution in [1.29, 1.82) is 0 Å². The van der Waals surface area contributed by atoms with E-state index in [1.807, 2.05) is 65.8 Å². The Balaban J connectivity index is 0. The molecule has 0 aromatic heterocycles. The fourth-order valence-electron chi connectivity index (χ4n) is 0.831. The van der Waals surface area contributed by atoms with Crippen LogP contribution in [0.5, 0.6) is 0 Å². The summed E-state index contributed by atoms with van der Waals surface area (Å²) >= 11 is 0. The average molecular weight is 267 g/mol. The van der Waals surface area contributed by atoms with E-state index in [0.717, 1.165) is 12.0 Å². The third-order valence-electron chi connectivity index (χ3n) is 2.05. The van der Waals surface area contributed by atoms with Crippen molar-refractivity contribution in [2.75, 3.05) is 19.0 Å². The Morgan fingerprint density at radius 3 is 1.89 bits per heavy atom. The molecule has 0 aliphatic heterocycles. The lowest BCUT2D eigenvalue weighted by Crippen LogP contribution is -2.15. The van der Waals surface area contributed by atoms with Gasteiger partial charge in [0.25, 0.3) is 0 Å². The van der Waals surface area contributed by atoms with Gasteiger partial charge in [-0.1, -0.05) is 31.5 Å². The fraction of sp³-hybridized carbons (Fsp3) is 0.562. The molecule has 0 amide bonds. The number of aldehydes is 1. The Bertz CT molecular complexity index is 313. The first-order valence-electron chi connectivity index (χ1n) is 6.68. The van der Waals surface area contributed by atoms with Crippen LogP contribution < -0.4 is 5.32 Å². The smallest absolute Gasteiger partial charge is 0.139 e. The molecule has 0 radical (unpaired) electrons. The van der Waals surface area contributed by atoms with Crippen LogP contribution >= 0.6 is 0 Å². The van der Waals surface area contributed by atoms with Gasteiger partial charge in [-0.2, -0.15) is 0 Å². The van der Waals surface area contributed by atoms with E-state index in [0.29, 0.717) is 6.54 Å². The topological polar surface area (TPSA) is 38.3 Å². The van der Waals surface area contributed by atoms with Crippen molar-refractivity contribution < 1.29 is 9.53 Å². The molecule has 1 N–H and O–H groups in total. The van der Waals surface area contributed by atoms with E-state index in [4.69, 9.17) is 4.74 Å². The number of anilines is 1. The van der Waals surface area contributed by atoms with Gasteiger partial charge in [0.15, 0.2) is 0 Å². The maximum atomic E-state index is 9.98. The molecule has 1 aromatic carbocycles. The quantitative estimate of drug-likeness (QED) is 0.839. The van der Waals surface area contributed by atoms with Gasteiger partial charge >= 0.3 is 0 Å². The number of carbonyl (C=O) groups excluding carboxylic acids is 1. The van der Waals surface area contributed by atoms with Crippen LogP contribution in [0.25, 0.3) is 0 Å². The first kappa shape index (κ1) is 20.0. The molecule has 110 valence electrons. The minimum Gasteiger partial charge on any atom is -0.379 e. The van der Waals surface area contributed by atoms with E-state index >= 15 is 0 Å². The van der Waals surface area contributed by atoms with E-state index in [2.05, 4.69) is 5.32 Å². The molecular formula is C16H29NO2. The van der Waals surface area contributed by atoms with E-state index in [9.17, 15) is 4.79 Å². The maximum absolute atomic E-state index is 9.98. The highest BCUT2D eigenvalue weighted by Gasteiger charge is 2.04. The second kappa shape index (κ2) is 11.7. The summed E-state index contributed by atoms with van der Waals surface area (Å²) in [6.45, 7) is 12.5. The molecule has 0 heterocycles. The summed E-state index contributed by atoms with van der Waals surface area (Å²) in [5.41, 5.74) is 2.25. The highest BCUT2D eigenvalue weighted by molar-refractivity contribution is 5.59. The molecule has 1 aromatic rings. The molecule has 3 heteroatoms. The molecule has 0 aliphatic rings. The minimum atomic E-state index is 0.0417. The first-order chi connectivity index (χ1) is 8.89. The molecule has 0 fully saturated rings. The summed E-state index contributed by atoms with van der Waals surface area (Å²) in [7, 11) is 1.71. The normalized spacial score (nSPS) is 9.42. The number of aryl methyl sites for hydroxylation is 1. The molecule has 0 atom stereocenters. The van der Waals surface area contributed by atoms with Crippen LogP contribution in [0.1, 0.15) is 40.2 Å². The van der Waals surface area contributed by atoms with Crippen LogP contribution in [0.15, 0.2) is 24.3 Å².